The van der Waals surface area contributed by atoms with Gasteiger partial charge in [-0.25, -0.2) is 4.68 Å². The lowest BCUT2D eigenvalue weighted by Crippen LogP contribution is -2.46. The number of aromatic nitrogens is 2. The van der Waals surface area contributed by atoms with E-state index in [4.69, 9.17) is 30.5 Å². The molecule has 2 saturated heterocycles. The first-order valence-corrected chi connectivity index (χ1v) is 14.7. The van der Waals surface area contributed by atoms with Crippen molar-refractivity contribution in [2.75, 3.05) is 63.5 Å². The molecule has 2 aromatic rings. The summed E-state index contributed by atoms with van der Waals surface area (Å²) in [6.07, 6.45) is 6.61. The van der Waals surface area contributed by atoms with Crippen LogP contribution >= 0.6 is 11.6 Å². The second-order valence-electron chi connectivity index (χ2n) is 11.3. The zero-order chi connectivity index (χ0) is 26.8. The van der Waals surface area contributed by atoms with Crippen LogP contribution in [-0.2, 0) is 14.2 Å². The lowest BCUT2D eigenvalue weighted by molar-refractivity contribution is -0.0847. The highest BCUT2D eigenvalue weighted by molar-refractivity contribution is 6.32. The van der Waals surface area contributed by atoms with Crippen molar-refractivity contribution in [1.29, 1.82) is 0 Å². The molecule has 39 heavy (non-hydrogen) atoms. The Morgan fingerprint density at radius 3 is 2.67 bits per heavy atom. The average molecular weight is 559 g/mol. The Morgan fingerprint density at radius 1 is 1.10 bits per heavy atom. The zero-order valence-corrected chi connectivity index (χ0v) is 23.4. The highest BCUT2D eigenvalue weighted by Crippen LogP contribution is 2.47. The summed E-state index contributed by atoms with van der Waals surface area (Å²) in [5.74, 6) is 2.76. The van der Waals surface area contributed by atoms with Crippen molar-refractivity contribution in [2.24, 2.45) is 17.8 Å². The SMILES string of the molecule is COc1ccc(N(C[C@@H]2COCCO2)[C@H]2CC[C@H](n3ncc(NC[C@@H]4COC[C@@H]5C[C@H]45)c(Cl)c3=O)CC2)cc1. The number of halogens is 1. The largest absolute Gasteiger partial charge is 0.497 e. The summed E-state index contributed by atoms with van der Waals surface area (Å²) < 4.78 is 24.3. The van der Waals surface area contributed by atoms with E-state index in [1.54, 1.807) is 18.0 Å². The average Bonchev–Trinajstić information content (AvgIpc) is 3.78. The van der Waals surface area contributed by atoms with Gasteiger partial charge in [0.15, 0.2) is 0 Å². The van der Waals surface area contributed by atoms with Crippen LogP contribution in [0.4, 0.5) is 11.4 Å². The number of hydrogen-bond donors (Lipinski definition) is 1. The second-order valence-corrected chi connectivity index (χ2v) is 11.7. The molecule has 9 nitrogen and oxygen atoms in total. The summed E-state index contributed by atoms with van der Waals surface area (Å²) in [6, 6.07) is 8.57. The molecule has 4 aliphatic rings. The van der Waals surface area contributed by atoms with Gasteiger partial charge in [-0.3, -0.25) is 4.79 Å². The minimum absolute atomic E-state index is 0.0336. The molecule has 3 heterocycles. The smallest absolute Gasteiger partial charge is 0.287 e. The minimum Gasteiger partial charge on any atom is -0.497 e. The fraction of sp³-hybridized carbons (Fsp3) is 0.655. The van der Waals surface area contributed by atoms with Crippen LogP contribution in [0.15, 0.2) is 35.3 Å². The maximum atomic E-state index is 13.2. The Kier molecular flexibility index (Phi) is 8.30. The molecule has 1 aromatic heterocycles. The van der Waals surface area contributed by atoms with Crippen molar-refractivity contribution < 1.29 is 18.9 Å². The number of anilines is 2. The Hall–Kier alpha value is -2.33. The van der Waals surface area contributed by atoms with Crippen LogP contribution in [0.2, 0.25) is 5.02 Å². The highest BCUT2D eigenvalue weighted by atomic mass is 35.5. The van der Waals surface area contributed by atoms with E-state index < -0.39 is 0 Å². The van der Waals surface area contributed by atoms with Gasteiger partial charge in [0.05, 0.1) is 57.6 Å². The maximum Gasteiger partial charge on any atom is 0.287 e. The van der Waals surface area contributed by atoms with Gasteiger partial charge < -0.3 is 29.2 Å². The van der Waals surface area contributed by atoms with Crippen LogP contribution in [0.5, 0.6) is 5.75 Å². The molecular formula is C29H39ClN4O5. The third-order valence-electron chi connectivity index (χ3n) is 8.89. The van der Waals surface area contributed by atoms with Gasteiger partial charge >= 0.3 is 0 Å². The van der Waals surface area contributed by atoms with Gasteiger partial charge in [-0.05, 0) is 68.2 Å². The molecule has 0 radical (unpaired) electrons. The number of nitrogens with zero attached hydrogens (tertiary/aromatic N) is 3. The van der Waals surface area contributed by atoms with Gasteiger partial charge in [0.2, 0.25) is 0 Å². The van der Waals surface area contributed by atoms with Gasteiger partial charge in [0.25, 0.3) is 5.56 Å². The van der Waals surface area contributed by atoms with Crippen molar-refractivity contribution >= 4 is 23.0 Å². The monoisotopic (exact) mass is 558 g/mol. The normalized spacial score (nSPS) is 30.3. The molecule has 10 heteroatoms. The summed E-state index contributed by atoms with van der Waals surface area (Å²) >= 11 is 6.56. The third kappa shape index (κ3) is 6.06. The molecule has 2 aliphatic carbocycles. The van der Waals surface area contributed by atoms with Crippen LogP contribution in [0.25, 0.3) is 0 Å². The summed E-state index contributed by atoms with van der Waals surface area (Å²) in [5, 5.41) is 8.16. The van der Waals surface area contributed by atoms with Crippen LogP contribution in [0, 0.1) is 17.8 Å². The number of fused-ring (bicyclic) bond motifs is 1. The van der Waals surface area contributed by atoms with Gasteiger partial charge in [-0.2, -0.15) is 5.10 Å². The van der Waals surface area contributed by atoms with Gasteiger partial charge in [-0.15, -0.1) is 0 Å². The Labute approximate surface area is 234 Å². The molecule has 212 valence electrons. The van der Waals surface area contributed by atoms with E-state index in [0.29, 0.717) is 43.4 Å². The molecule has 0 unspecified atom stereocenters. The molecule has 0 amide bonds. The number of ether oxygens (including phenoxy) is 4. The molecule has 6 rings (SSSR count). The molecule has 1 N–H and O–H groups in total. The van der Waals surface area contributed by atoms with Crippen LogP contribution in [-0.4, -0.2) is 75.2 Å². The van der Waals surface area contributed by atoms with Gasteiger partial charge in [-0.1, -0.05) is 11.6 Å². The summed E-state index contributed by atoms with van der Waals surface area (Å²) in [5.41, 5.74) is 1.55. The summed E-state index contributed by atoms with van der Waals surface area (Å²) in [4.78, 5) is 15.7. The Morgan fingerprint density at radius 2 is 1.92 bits per heavy atom. The topological polar surface area (TPSA) is 87.1 Å². The van der Waals surface area contributed by atoms with Gasteiger partial charge in [0, 0.05) is 37.3 Å². The van der Waals surface area contributed by atoms with Crippen molar-refractivity contribution in [3.05, 3.63) is 45.8 Å². The van der Waals surface area contributed by atoms with Crippen molar-refractivity contribution in [3.8, 4) is 5.75 Å². The van der Waals surface area contributed by atoms with E-state index in [0.717, 1.165) is 69.3 Å². The van der Waals surface area contributed by atoms with Crippen LogP contribution in [0.3, 0.4) is 0 Å². The first-order chi connectivity index (χ1) is 19.1. The van der Waals surface area contributed by atoms with Crippen molar-refractivity contribution in [3.63, 3.8) is 0 Å². The van der Waals surface area contributed by atoms with E-state index in [2.05, 4.69) is 27.4 Å². The minimum atomic E-state index is -0.214. The molecule has 2 aliphatic heterocycles. The molecule has 0 bridgehead atoms. The van der Waals surface area contributed by atoms with E-state index in [1.165, 1.54) is 6.42 Å². The van der Waals surface area contributed by atoms with Crippen LogP contribution in [0.1, 0.15) is 38.1 Å². The Balaban J connectivity index is 1.10. The predicted molar refractivity (Wildman–Crippen MR) is 150 cm³/mol. The van der Waals surface area contributed by atoms with E-state index >= 15 is 0 Å². The lowest BCUT2D eigenvalue weighted by Gasteiger charge is -2.40. The maximum absolute atomic E-state index is 13.2. The fourth-order valence-corrected chi connectivity index (χ4v) is 6.73. The number of hydrogen-bond acceptors (Lipinski definition) is 8. The first-order valence-electron chi connectivity index (χ1n) is 14.3. The molecule has 2 saturated carbocycles. The summed E-state index contributed by atoms with van der Waals surface area (Å²) in [6.45, 7) is 5.07. The van der Waals surface area contributed by atoms with E-state index in [-0.39, 0.29) is 22.7 Å². The molecule has 4 atom stereocenters. The predicted octanol–water partition coefficient (Wildman–Crippen LogP) is 4.01. The molecule has 4 fully saturated rings. The second kappa shape index (κ2) is 12.0. The fourth-order valence-electron chi connectivity index (χ4n) is 6.53. The number of nitrogens with one attached hydrogen (secondary N) is 1. The standard InChI is InChI=1S/C29H39ClN4O5/c1-36-24-8-6-22(7-9-24)33(15-25-18-37-10-11-39-25)21-2-4-23(5-3-21)34-29(35)28(30)27(14-32-34)31-13-20-17-38-16-19-12-26(19)20/h6-9,14,19-21,23,25-26,31H,2-5,10-13,15-18H2,1H3/t19-,20+,21-,23-,25+,26-/m0/s1. The summed E-state index contributed by atoms with van der Waals surface area (Å²) in [7, 11) is 1.68. The molecule has 0 spiro atoms. The lowest BCUT2D eigenvalue weighted by atomic mass is 9.89. The number of methoxy groups -OCH3 is 1. The molecule has 1 aromatic carbocycles. The van der Waals surface area contributed by atoms with Gasteiger partial charge in [0.1, 0.15) is 10.8 Å². The quantitative estimate of drug-likeness (QED) is 0.494. The van der Waals surface area contributed by atoms with E-state index in [9.17, 15) is 4.79 Å². The van der Waals surface area contributed by atoms with Crippen LogP contribution < -0.4 is 20.5 Å². The van der Waals surface area contributed by atoms with E-state index in [1.807, 2.05) is 12.1 Å². The third-order valence-corrected chi connectivity index (χ3v) is 9.25. The zero-order valence-electron chi connectivity index (χ0n) is 22.6. The van der Waals surface area contributed by atoms with Crippen molar-refractivity contribution in [2.45, 2.75) is 50.3 Å². The number of rotatable bonds is 9. The molecular weight excluding hydrogens is 520 g/mol. The Bertz CT molecular complexity index is 1160. The first kappa shape index (κ1) is 26.9. The highest BCUT2D eigenvalue weighted by Gasteiger charge is 2.45. The van der Waals surface area contributed by atoms with Crippen molar-refractivity contribution in [1.82, 2.24) is 9.78 Å². The number of benzene rings is 1.